The number of benzene rings is 1. The van der Waals surface area contributed by atoms with Gasteiger partial charge in [-0.2, -0.15) is 0 Å². The molecule has 0 saturated carbocycles. The van der Waals surface area contributed by atoms with Crippen molar-refractivity contribution < 1.29 is 4.79 Å². The van der Waals surface area contributed by atoms with Gasteiger partial charge in [0.25, 0.3) is 0 Å². The highest BCUT2D eigenvalue weighted by atomic mass is 28.3. The number of hydrogen-bond acceptors (Lipinski definition) is 1. The monoisotopic (exact) mass is 231 g/mol. The Balaban J connectivity index is 2.78. The minimum Gasteiger partial charge on any atom is -0.369 e. The Morgan fingerprint density at radius 2 is 1.81 bits per heavy atom. The molecule has 0 aromatic heterocycles. The number of carbonyl (C=O) groups is 1. The fraction of sp³-hybridized carbons (Fsp3) is 0.308. The number of hydrogen-bond donors (Lipinski definition) is 1. The van der Waals surface area contributed by atoms with Crippen LogP contribution in [0, 0.1) is 11.8 Å². The second-order valence-corrected chi connectivity index (χ2v) is 9.85. The molecule has 0 saturated heterocycles. The number of primary amides is 1. The highest BCUT2D eigenvalue weighted by Crippen LogP contribution is 2.03. The van der Waals surface area contributed by atoms with Crippen LogP contribution in [0.25, 0.3) is 0 Å². The lowest BCUT2D eigenvalue weighted by molar-refractivity contribution is -0.117. The third-order valence-corrected chi connectivity index (χ3v) is 4.31. The summed E-state index contributed by atoms with van der Waals surface area (Å²) in [5.74, 6) is 5.28. The van der Waals surface area contributed by atoms with Gasteiger partial charge in [-0.3, -0.25) is 4.79 Å². The van der Waals surface area contributed by atoms with E-state index in [1.54, 1.807) is 0 Å². The quantitative estimate of drug-likeness (QED) is 0.608. The largest absolute Gasteiger partial charge is 0.369 e. The Morgan fingerprint density at radius 3 is 2.25 bits per heavy atom. The number of amides is 1. The van der Waals surface area contributed by atoms with Gasteiger partial charge in [0.2, 0.25) is 5.91 Å². The maximum Gasteiger partial charge on any atom is 0.229 e. The van der Waals surface area contributed by atoms with Crippen molar-refractivity contribution in [2.45, 2.75) is 26.1 Å². The lowest BCUT2D eigenvalue weighted by Crippen LogP contribution is -2.37. The SMILES string of the molecule is C[Si](C)(C)c1ccc(C#CCC(N)=O)cc1. The highest BCUT2D eigenvalue weighted by molar-refractivity contribution is 6.88. The molecule has 2 N–H and O–H groups in total. The molecule has 0 aliphatic heterocycles. The van der Waals surface area contributed by atoms with Gasteiger partial charge in [0, 0.05) is 5.56 Å². The van der Waals surface area contributed by atoms with Crippen LogP contribution in [0.3, 0.4) is 0 Å². The van der Waals surface area contributed by atoms with E-state index in [9.17, 15) is 4.79 Å². The predicted molar refractivity (Wildman–Crippen MR) is 70.1 cm³/mol. The molecular weight excluding hydrogens is 214 g/mol. The van der Waals surface area contributed by atoms with Crippen molar-refractivity contribution in [1.29, 1.82) is 0 Å². The summed E-state index contributed by atoms with van der Waals surface area (Å²) in [6.45, 7) is 6.92. The van der Waals surface area contributed by atoms with Gasteiger partial charge in [-0.15, -0.1) is 0 Å². The first kappa shape index (κ1) is 12.5. The summed E-state index contributed by atoms with van der Waals surface area (Å²) in [7, 11) is -1.23. The summed E-state index contributed by atoms with van der Waals surface area (Å²) in [4.78, 5) is 10.5. The molecule has 0 unspecified atom stereocenters. The van der Waals surface area contributed by atoms with Crippen molar-refractivity contribution in [3.63, 3.8) is 0 Å². The Bertz CT molecular complexity index is 432. The van der Waals surface area contributed by atoms with E-state index in [1.165, 1.54) is 5.19 Å². The maximum absolute atomic E-state index is 10.5. The Kier molecular flexibility index (Phi) is 3.91. The molecule has 1 amide bonds. The van der Waals surface area contributed by atoms with E-state index in [2.05, 4.69) is 43.6 Å². The first-order valence-corrected chi connectivity index (χ1v) is 8.77. The van der Waals surface area contributed by atoms with E-state index in [0.29, 0.717) is 0 Å². The summed E-state index contributed by atoms with van der Waals surface area (Å²) in [6, 6.07) is 8.25. The Hall–Kier alpha value is -1.53. The van der Waals surface area contributed by atoms with Crippen LogP contribution in [-0.2, 0) is 4.79 Å². The third-order valence-electron chi connectivity index (χ3n) is 2.25. The van der Waals surface area contributed by atoms with Crippen molar-refractivity contribution in [2.75, 3.05) is 0 Å². The lowest BCUT2D eigenvalue weighted by Gasteiger charge is -2.15. The smallest absolute Gasteiger partial charge is 0.229 e. The number of carbonyl (C=O) groups excluding carboxylic acids is 1. The van der Waals surface area contributed by atoms with Crippen molar-refractivity contribution in [3.8, 4) is 11.8 Å². The molecule has 0 heterocycles. The fourth-order valence-corrected chi connectivity index (χ4v) is 2.45. The van der Waals surface area contributed by atoms with E-state index in [1.807, 2.05) is 12.1 Å². The lowest BCUT2D eigenvalue weighted by atomic mass is 10.2. The van der Waals surface area contributed by atoms with Gasteiger partial charge >= 0.3 is 0 Å². The molecule has 0 radical (unpaired) electrons. The molecule has 16 heavy (non-hydrogen) atoms. The topological polar surface area (TPSA) is 43.1 Å². The van der Waals surface area contributed by atoms with Crippen LogP contribution in [-0.4, -0.2) is 14.0 Å². The van der Waals surface area contributed by atoms with Gasteiger partial charge in [0.15, 0.2) is 0 Å². The highest BCUT2D eigenvalue weighted by Gasteiger charge is 2.15. The van der Waals surface area contributed by atoms with E-state index in [0.717, 1.165) is 5.56 Å². The summed E-state index contributed by atoms with van der Waals surface area (Å²) < 4.78 is 0. The van der Waals surface area contributed by atoms with E-state index < -0.39 is 8.07 Å². The standard InChI is InChI=1S/C13H17NOSi/c1-16(2,3)12-9-7-11(8-10-12)5-4-6-13(14)15/h7-10H,6H2,1-3H3,(H2,14,15). The molecule has 1 aromatic rings. The second kappa shape index (κ2) is 5.00. The minimum absolute atomic E-state index is 0.121. The molecule has 0 atom stereocenters. The molecule has 0 aliphatic rings. The van der Waals surface area contributed by atoms with Crippen molar-refractivity contribution in [3.05, 3.63) is 29.8 Å². The zero-order valence-electron chi connectivity index (χ0n) is 10.0. The van der Waals surface area contributed by atoms with Gasteiger partial charge in [0.1, 0.15) is 0 Å². The van der Waals surface area contributed by atoms with Crippen LogP contribution in [0.4, 0.5) is 0 Å². The van der Waals surface area contributed by atoms with Gasteiger partial charge in [-0.1, -0.05) is 48.8 Å². The minimum atomic E-state index is -1.23. The number of rotatable bonds is 2. The molecule has 2 nitrogen and oxygen atoms in total. The third kappa shape index (κ3) is 3.91. The van der Waals surface area contributed by atoms with Crippen LogP contribution < -0.4 is 10.9 Å². The molecule has 0 spiro atoms. The Labute approximate surface area is 97.9 Å². The average Bonchev–Trinajstić information content (AvgIpc) is 2.16. The van der Waals surface area contributed by atoms with Crippen LogP contribution in [0.1, 0.15) is 12.0 Å². The molecule has 3 heteroatoms. The average molecular weight is 231 g/mol. The summed E-state index contributed by atoms with van der Waals surface area (Å²) in [5, 5.41) is 1.41. The molecular formula is C13H17NOSi. The van der Waals surface area contributed by atoms with E-state index in [4.69, 9.17) is 5.73 Å². The summed E-state index contributed by atoms with van der Waals surface area (Å²) in [5.41, 5.74) is 5.94. The number of nitrogens with two attached hydrogens (primary N) is 1. The Morgan fingerprint density at radius 1 is 1.25 bits per heavy atom. The van der Waals surface area contributed by atoms with Crippen molar-refractivity contribution >= 4 is 19.2 Å². The summed E-state index contributed by atoms with van der Waals surface area (Å²) >= 11 is 0. The van der Waals surface area contributed by atoms with Crippen LogP contribution in [0.5, 0.6) is 0 Å². The maximum atomic E-state index is 10.5. The van der Waals surface area contributed by atoms with Crippen molar-refractivity contribution in [2.24, 2.45) is 5.73 Å². The van der Waals surface area contributed by atoms with Gasteiger partial charge in [-0.25, -0.2) is 0 Å². The fourth-order valence-electron chi connectivity index (χ4n) is 1.29. The first-order valence-electron chi connectivity index (χ1n) is 5.27. The molecule has 1 rings (SSSR count). The summed E-state index contributed by atoms with van der Waals surface area (Å²) in [6.07, 6.45) is 0.121. The van der Waals surface area contributed by atoms with Crippen LogP contribution in [0.2, 0.25) is 19.6 Å². The predicted octanol–water partition coefficient (Wildman–Crippen LogP) is 1.46. The molecule has 0 fully saturated rings. The molecule has 0 aliphatic carbocycles. The molecule has 1 aromatic carbocycles. The van der Waals surface area contributed by atoms with Gasteiger partial charge < -0.3 is 5.73 Å². The van der Waals surface area contributed by atoms with Crippen LogP contribution >= 0.6 is 0 Å². The van der Waals surface area contributed by atoms with E-state index >= 15 is 0 Å². The zero-order chi connectivity index (χ0) is 12.2. The molecule has 0 bridgehead atoms. The van der Waals surface area contributed by atoms with Crippen LogP contribution in [0.15, 0.2) is 24.3 Å². The van der Waals surface area contributed by atoms with E-state index in [-0.39, 0.29) is 12.3 Å². The van der Waals surface area contributed by atoms with Crippen molar-refractivity contribution in [1.82, 2.24) is 0 Å². The zero-order valence-corrected chi connectivity index (χ0v) is 11.0. The second-order valence-electron chi connectivity index (χ2n) is 4.77. The van der Waals surface area contributed by atoms with Gasteiger partial charge in [-0.05, 0) is 12.1 Å². The van der Waals surface area contributed by atoms with Gasteiger partial charge in [0.05, 0.1) is 14.5 Å². The molecule has 84 valence electrons. The normalized spacial score (nSPS) is 10.4. The first-order chi connectivity index (χ1) is 7.39.